The van der Waals surface area contributed by atoms with Crippen molar-refractivity contribution in [3.05, 3.63) is 99.8 Å². The number of nitrogens with one attached hydrogen (secondary N) is 1. The number of fused-ring (bicyclic) bond motifs is 1. The van der Waals surface area contributed by atoms with E-state index < -0.39 is 6.04 Å². The highest BCUT2D eigenvalue weighted by molar-refractivity contribution is 7.99. The lowest BCUT2D eigenvalue weighted by Gasteiger charge is -2.17. The number of nitrogens with zero attached hydrogens (tertiary/aromatic N) is 2. The summed E-state index contributed by atoms with van der Waals surface area (Å²) in [7, 11) is 0. The molecule has 1 atom stereocenters. The van der Waals surface area contributed by atoms with Gasteiger partial charge in [-0.1, -0.05) is 71.9 Å². The van der Waals surface area contributed by atoms with E-state index in [4.69, 9.17) is 11.6 Å². The largest absolute Gasteiger partial charge is 0.345 e. The van der Waals surface area contributed by atoms with Crippen LogP contribution >= 0.6 is 23.4 Å². The number of carbonyl (C=O) groups excluding carboxylic acids is 2. The van der Waals surface area contributed by atoms with Gasteiger partial charge in [-0.15, -0.1) is 0 Å². The minimum Gasteiger partial charge on any atom is -0.345 e. The van der Waals surface area contributed by atoms with E-state index in [1.54, 1.807) is 48.5 Å². The van der Waals surface area contributed by atoms with Crippen molar-refractivity contribution < 1.29 is 9.59 Å². The van der Waals surface area contributed by atoms with Crippen molar-refractivity contribution in [3.8, 4) is 5.69 Å². The summed E-state index contributed by atoms with van der Waals surface area (Å²) in [6.07, 6.45) is 0.411. The van der Waals surface area contributed by atoms with Gasteiger partial charge in [0.05, 0.1) is 28.4 Å². The molecule has 34 heavy (non-hydrogen) atoms. The average molecular weight is 492 g/mol. The van der Waals surface area contributed by atoms with E-state index in [2.05, 4.69) is 10.3 Å². The Balaban J connectivity index is 1.59. The number of rotatable bonds is 8. The molecule has 0 saturated carbocycles. The Labute approximate surface area is 206 Å². The van der Waals surface area contributed by atoms with Crippen LogP contribution in [0.25, 0.3) is 16.6 Å². The van der Waals surface area contributed by atoms with Gasteiger partial charge in [-0.3, -0.25) is 19.0 Å². The van der Waals surface area contributed by atoms with Crippen LogP contribution in [0.2, 0.25) is 5.02 Å². The van der Waals surface area contributed by atoms with Crippen LogP contribution in [0.15, 0.2) is 88.8 Å². The molecule has 6 nitrogen and oxygen atoms in total. The van der Waals surface area contributed by atoms with Gasteiger partial charge in [-0.2, -0.15) is 0 Å². The second kappa shape index (κ2) is 10.7. The zero-order valence-electron chi connectivity index (χ0n) is 18.4. The van der Waals surface area contributed by atoms with Crippen LogP contribution in [0.3, 0.4) is 0 Å². The molecule has 4 rings (SSSR count). The van der Waals surface area contributed by atoms with Crippen molar-refractivity contribution in [1.82, 2.24) is 14.9 Å². The summed E-state index contributed by atoms with van der Waals surface area (Å²) in [5.74, 6) is -0.452. The molecule has 172 valence electrons. The molecule has 0 radical (unpaired) electrons. The molecule has 0 bridgehead atoms. The molecule has 1 aromatic heterocycles. The number of para-hydroxylation sites is 1. The van der Waals surface area contributed by atoms with E-state index in [1.807, 2.05) is 30.3 Å². The maximum absolute atomic E-state index is 13.3. The number of Topliss-reactive ketones (excluding diaryl/α,β-unsaturated/α-hetero) is 1. The standard InChI is InChI=1S/C26H22ClN3O3S/c1-17(31)23(14-18-8-3-2-4-9-18)28-24(32)16-34-26-29-22-13-6-5-12-21(22)25(33)30(26)20-11-7-10-19(27)15-20/h2-13,15,23H,14,16H2,1H3,(H,28,32). The summed E-state index contributed by atoms with van der Waals surface area (Å²) in [6, 6.07) is 22.9. The fourth-order valence-electron chi connectivity index (χ4n) is 3.56. The van der Waals surface area contributed by atoms with Crippen molar-refractivity contribution in [2.45, 2.75) is 24.5 Å². The van der Waals surface area contributed by atoms with Crippen molar-refractivity contribution in [3.63, 3.8) is 0 Å². The summed E-state index contributed by atoms with van der Waals surface area (Å²) in [6.45, 7) is 1.46. The van der Waals surface area contributed by atoms with E-state index >= 15 is 0 Å². The zero-order chi connectivity index (χ0) is 24.1. The third-order valence-corrected chi connectivity index (χ3v) is 6.43. The van der Waals surface area contributed by atoms with Gasteiger partial charge < -0.3 is 5.32 Å². The van der Waals surface area contributed by atoms with E-state index in [1.165, 1.54) is 11.5 Å². The number of aromatic nitrogens is 2. The third-order valence-electron chi connectivity index (χ3n) is 5.25. The lowest BCUT2D eigenvalue weighted by Crippen LogP contribution is -2.42. The van der Waals surface area contributed by atoms with Crippen LogP contribution in [0.5, 0.6) is 0 Å². The fourth-order valence-corrected chi connectivity index (χ4v) is 4.57. The summed E-state index contributed by atoms with van der Waals surface area (Å²) in [4.78, 5) is 42.8. The molecule has 1 N–H and O–H groups in total. The third kappa shape index (κ3) is 5.55. The molecule has 1 amide bonds. The van der Waals surface area contributed by atoms with Crippen LogP contribution < -0.4 is 10.9 Å². The molecule has 1 unspecified atom stereocenters. The highest BCUT2D eigenvalue weighted by Gasteiger charge is 2.19. The monoisotopic (exact) mass is 491 g/mol. The van der Waals surface area contributed by atoms with Crippen LogP contribution in [0, 0.1) is 0 Å². The topological polar surface area (TPSA) is 81.1 Å². The Morgan fingerprint density at radius 1 is 1.03 bits per heavy atom. The first-order valence-corrected chi connectivity index (χ1v) is 12.0. The molecule has 1 heterocycles. The smallest absolute Gasteiger partial charge is 0.266 e. The molecule has 0 saturated heterocycles. The molecule has 4 aromatic rings. The molecule has 0 aliphatic rings. The minimum atomic E-state index is -0.629. The summed E-state index contributed by atoms with van der Waals surface area (Å²) < 4.78 is 1.46. The fraction of sp³-hybridized carbons (Fsp3) is 0.154. The normalized spacial score (nSPS) is 11.8. The van der Waals surface area contributed by atoms with Gasteiger partial charge in [0.25, 0.3) is 5.56 Å². The second-order valence-corrected chi connectivity index (χ2v) is 9.12. The average Bonchev–Trinajstić information content (AvgIpc) is 2.83. The second-order valence-electron chi connectivity index (χ2n) is 7.74. The number of benzene rings is 3. The van der Waals surface area contributed by atoms with Crippen LogP contribution in [0.1, 0.15) is 12.5 Å². The van der Waals surface area contributed by atoms with Gasteiger partial charge in [0.2, 0.25) is 5.91 Å². The summed E-state index contributed by atoms with van der Waals surface area (Å²) in [5.41, 5.74) is 1.81. The summed E-state index contributed by atoms with van der Waals surface area (Å²) in [5, 5.41) is 4.13. The molecule has 8 heteroatoms. The lowest BCUT2D eigenvalue weighted by molar-refractivity contribution is -0.125. The van der Waals surface area contributed by atoms with E-state index in [9.17, 15) is 14.4 Å². The minimum absolute atomic E-state index is 0.0100. The van der Waals surface area contributed by atoms with Crippen molar-refractivity contribution in [1.29, 1.82) is 0 Å². The Bertz CT molecular complexity index is 1410. The molecule has 0 spiro atoms. The van der Waals surface area contributed by atoms with Gasteiger partial charge in [-0.25, -0.2) is 4.98 Å². The number of hydrogen-bond acceptors (Lipinski definition) is 5. The predicted molar refractivity (Wildman–Crippen MR) is 136 cm³/mol. The number of carbonyl (C=O) groups is 2. The maximum atomic E-state index is 13.3. The zero-order valence-corrected chi connectivity index (χ0v) is 20.0. The van der Waals surface area contributed by atoms with Crippen LogP contribution in [-0.2, 0) is 16.0 Å². The van der Waals surface area contributed by atoms with Crippen molar-refractivity contribution >= 4 is 46.0 Å². The molecule has 3 aromatic carbocycles. The number of thioether (sulfide) groups is 1. The van der Waals surface area contributed by atoms with Crippen molar-refractivity contribution in [2.24, 2.45) is 0 Å². The van der Waals surface area contributed by atoms with E-state index in [0.717, 1.165) is 17.3 Å². The first-order valence-electron chi connectivity index (χ1n) is 10.7. The number of ketones is 1. The Kier molecular flexibility index (Phi) is 7.45. The molecule has 0 aliphatic heterocycles. The highest BCUT2D eigenvalue weighted by atomic mass is 35.5. The quantitative estimate of drug-likeness (QED) is 0.291. The molecular formula is C26H22ClN3O3S. The molecule has 0 fully saturated rings. The number of amides is 1. The van der Waals surface area contributed by atoms with Crippen LogP contribution in [0.4, 0.5) is 0 Å². The van der Waals surface area contributed by atoms with Crippen LogP contribution in [-0.4, -0.2) is 33.0 Å². The maximum Gasteiger partial charge on any atom is 0.266 e. The Morgan fingerprint density at radius 2 is 1.76 bits per heavy atom. The molecular weight excluding hydrogens is 470 g/mol. The van der Waals surface area contributed by atoms with Gasteiger partial charge in [0.15, 0.2) is 10.9 Å². The van der Waals surface area contributed by atoms with Gasteiger partial charge in [0.1, 0.15) is 0 Å². The first kappa shape index (κ1) is 23.7. The molecule has 0 aliphatic carbocycles. The van der Waals surface area contributed by atoms with Gasteiger partial charge in [-0.05, 0) is 49.2 Å². The highest BCUT2D eigenvalue weighted by Crippen LogP contribution is 2.23. The number of halogens is 1. The summed E-state index contributed by atoms with van der Waals surface area (Å²) >= 11 is 7.29. The van der Waals surface area contributed by atoms with E-state index in [0.29, 0.717) is 33.2 Å². The van der Waals surface area contributed by atoms with Gasteiger partial charge in [0, 0.05) is 5.02 Å². The van der Waals surface area contributed by atoms with Crippen molar-refractivity contribution in [2.75, 3.05) is 5.75 Å². The Hall–Kier alpha value is -3.42. The number of hydrogen-bond donors (Lipinski definition) is 1. The SMILES string of the molecule is CC(=O)C(Cc1ccccc1)NC(=O)CSc1nc2ccccc2c(=O)n1-c1cccc(Cl)c1. The Morgan fingerprint density at radius 3 is 2.50 bits per heavy atom. The van der Waals surface area contributed by atoms with E-state index in [-0.39, 0.29) is 23.0 Å². The van der Waals surface area contributed by atoms with Gasteiger partial charge >= 0.3 is 0 Å². The first-order chi connectivity index (χ1) is 16.4. The predicted octanol–water partition coefficient (Wildman–Crippen LogP) is 4.45. The lowest BCUT2D eigenvalue weighted by atomic mass is 10.0.